The van der Waals surface area contributed by atoms with Crippen LogP contribution in [-0.4, -0.2) is 9.97 Å². The van der Waals surface area contributed by atoms with Gasteiger partial charge < -0.3 is 5.73 Å². The lowest BCUT2D eigenvalue weighted by Gasteiger charge is -2.06. The minimum absolute atomic E-state index is 0.417. The summed E-state index contributed by atoms with van der Waals surface area (Å²) in [5, 5.41) is 0. The van der Waals surface area contributed by atoms with Crippen LogP contribution in [-0.2, 0) is 6.42 Å². The molecule has 0 fully saturated rings. The van der Waals surface area contributed by atoms with E-state index in [-0.39, 0.29) is 0 Å². The third-order valence-corrected chi connectivity index (χ3v) is 1.72. The van der Waals surface area contributed by atoms with E-state index < -0.39 is 0 Å². The summed E-state index contributed by atoms with van der Waals surface area (Å²) < 4.78 is 0. The van der Waals surface area contributed by atoms with Crippen molar-refractivity contribution >= 4 is 5.82 Å². The zero-order valence-corrected chi connectivity index (χ0v) is 7.83. The zero-order valence-electron chi connectivity index (χ0n) is 7.83. The second kappa shape index (κ2) is 3.52. The van der Waals surface area contributed by atoms with Crippen LogP contribution in [0, 0.1) is 0 Å². The van der Waals surface area contributed by atoms with Gasteiger partial charge in [-0.25, -0.2) is 9.97 Å². The van der Waals surface area contributed by atoms with E-state index in [1.54, 1.807) is 0 Å². The van der Waals surface area contributed by atoms with E-state index in [0.29, 0.717) is 11.7 Å². The number of rotatable bonds is 2. The SMILES string of the molecule is CCc1nc(N)cc(C(C)C)n1. The van der Waals surface area contributed by atoms with Crippen molar-refractivity contribution in [2.45, 2.75) is 33.1 Å². The molecule has 0 spiro atoms. The second-order valence-electron chi connectivity index (χ2n) is 3.14. The molecule has 1 aromatic rings. The normalized spacial score (nSPS) is 10.7. The van der Waals surface area contributed by atoms with Crippen molar-refractivity contribution < 1.29 is 0 Å². The van der Waals surface area contributed by atoms with Gasteiger partial charge in [-0.2, -0.15) is 0 Å². The maximum atomic E-state index is 5.62. The maximum Gasteiger partial charge on any atom is 0.130 e. The first-order valence-electron chi connectivity index (χ1n) is 4.26. The van der Waals surface area contributed by atoms with Gasteiger partial charge >= 0.3 is 0 Å². The highest BCUT2D eigenvalue weighted by Gasteiger charge is 2.04. The van der Waals surface area contributed by atoms with Gasteiger partial charge in [0.15, 0.2) is 0 Å². The molecule has 3 heteroatoms. The number of anilines is 1. The van der Waals surface area contributed by atoms with Gasteiger partial charge in [0.05, 0.1) is 0 Å². The minimum Gasteiger partial charge on any atom is -0.384 e. The molecule has 1 rings (SSSR count). The van der Waals surface area contributed by atoms with Crippen LogP contribution in [0.4, 0.5) is 5.82 Å². The Morgan fingerprint density at radius 3 is 2.58 bits per heavy atom. The third-order valence-electron chi connectivity index (χ3n) is 1.72. The molecule has 0 aliphatic carbocycles. The van der Waals surface area contributed by atoms with E-state index in [4.69, 9.17) is 5.73 Å². The smallest absolute Gasteiger partial charge is 0.130 e. The topological polar surface area (TPSA) is 51.8 Å². The number of nitrogens with two attached hydrogens (primary N) is 1. The molecule has 0 radical (unpaired) electrons. The molecular formula is C9H15N3. The van der Waals surface area contributed by atoms with Gasteiger partial charge in [-0.15, -0.1) is 0 Å². The molecule has 66 valence electrons. The Bertz CT molecular complexity index is 268. The molecule has 0 saturated heterocycles. The van der Waals surface area contributed by atoms with E-state index in [2.05, 4.69) is 23.8 Å². The predicted molar refractivity (Wildman–Crippen MR) is 49.9 cm³/mol. The molecule has 2 N–H and O–H groups in total. The van der Waals surface area contributed by atoms with Crippen molar-refractivity contribution in [3.8, 4) is 0 Å². The van der Waals surface area contributed by atoms with Crippen LogP contribution in [0.5, 0.6) is 0 Å². The fraction of sp³-hybridized carbons (Fsp3) is 0.556. The Hall–Kier alpha value is -1.12. The maximum absolute atomic E-state index is 5.62. The van der Waals surface area contributed by atoms with Crippen molar-refractivity contribution in [1.29, 1.82) is 0 Å². The number of aryl methyl sites for hydroxylation is 1. The third kappa shape index (κ3) is 1.94. The zero-order chi connectivity index (χ0) is 9.14. The van der Waals surface area contributed by atoms with Gasteiger partial charge in [-0.1, -0.05) is 20.8 Å². The molecule has 12 heavy (non-hydrogen) atoms. The average molecular weight is 165 g/mol. The number of aromatic nitrogens is 2. The Kier molecular flexibility index (Phi) is 2.63. The van der Waals surface area contributed by atoms with Crippen molar-refractivity contribution in [3.63, 3.8) is 0 Å². The minimum atomic E-state index is 0.417. The van der Waals surface area contributed by atoms with Crippen LogP contribution < -0.4 is 5.73 Å². The van der Waals surface area contributed by atoms with Gasteiger partial charge in [0.1, 0.15) is 11.6 Å². The summed E-state index contributed by atoms with van der Waals surface area (Å²) in [6.45, 7) is 6.22. The van der Waals surface area contributed by atoms with Crippen LogP contribution in [0.1, 0.15) is 38.2 Å². The summed E-state index contributed by atoms with van der Waals surface area (Å²) in [7, 11) is 0. The van der Waals surface area contributed by atoms with Crippen molar-refractivity contribution in [3.05, 3.63) is 17.6 Å². The summed E-state index contributed by atoms with van der Waals surface area (Å²) >= 11 is 0. The van der Waals surface area contributed by atoms with Crippen LogP contribution in [0.15, 0.2) is 6.07 Å². The second-order valence-corrected chi connectivity index (χ2v) is 3.14. The number of hydrogen-bond acceptors (Lipinski definition) is 3. The standard InChI is InChI=1S/C9H15N3/c1-4-9-11-7(6(2)3)5-8(10)12-9/h5-6H,4H2,1-3H3,(H2,10,11,12). The Labute approximate surface area is 73.0 Å². The Balaban J connectivity index is 3.06. The quantitative estimate of drug-likeness (QED) is 0.726. The lowest BCUT2D eigenvalue weighted by molar-refractivity contribution is 0.789. The predicted octanol–water partition coefficient (Wildman–Crippen LogP) is 1.74. The van der Waals surface area contributed by atoms with Crippen molar-refractivity contribution in [2.24, 2.45) is 0 Å². The molecular weight excluding hydrogens is 150 g/mol. The molecule has 1 heterocycles. The fourth-order valence-electron chi connectivity index (χ4n) is 0.993. The van der Waals surface area contributed by atoms with Crippen molar-refractivity contribution in [2.75, 3.05) is 5.73 Å². The fourth-order valence-corrected chi connectivity index (χ4v) is 0.993. The Morgan fingerprint density at radius 2 is 2.08 bits per heavy atom. The van der Waals surface area contributed by atoms with Gasteiger partial charge in [0, 0.05) is 18.2 Å². The first-order valence-corrected chi connectivity index (χ1v) is 4.26. The first kappa shape index (κ1) is 8.97. The largest absolute Gasteiger partial charge is 0.384 e. The van der Waals surface area contributed by atoms with Crippen molar-refractivity contribution in [1.82, 2.24) is 9.97 Å². The van der Waals surface area contributed by atoms with Gasteiger partial charge in [0.25, 0.3) is 0 Å². The molecule has 0 saturated carbocycles. The number of hydrogen-bond donors (Lipinski definition) is 1. The highest BCUT2D eigenvalue weighted by atomic mass is 14.9. The molecule has 0 aromatic carbocycles. The van der Waals surface area contributed by atoms with E-state index in [1.165, 1.54) is 0 Å². The summed E-state index contributed by atoms with van der Waals surface area (Å²) in [5.41, 5.74) is 6.65. The molecule has 0 unspecified atom stereocenters. The van der Waals surface area contributed by atoms with E-state index in [9.17, 15) is 0 Å². The summed E-state index contributed by atoms with van der Waals surface area (Å²) in [4.78, 5) is 8.46. The van der Waals surface area contributed by atoms with Gasteiger partial charge in [-0.3, -0.25) is 0 Å². The summed E-state index contributed by atoms with van der Waals surface area (Å²) in [5.74, 6) is 1.82. The Morgan fingerprint density at radius 1 is 1.42 bits per heavy atom. The van der Waals surface area contributed by atoms with Gasteiger partial charge in [-0.05, 0) is 5.92 Å². The van der Waals surface area contributed by atoms with Gasteiger partial charge in [0.2, 0.25) is 0 Å². The van der Waals surface area contributed by atoms with E-state index >= 15 is 0 Å². The molecule has 1 aromatic heterocycles. The van der Waals surface area contributed by atoms with E-state index in [0.717, 1.165) is 17.9 Å². The van der Waals surface area contributed by atoms with Crippen LogP contribution in [0.2, 0.25) is 0 Å². The lowest BCUT2D eigenvalue weighted by Crippen LogP contribution is -2.03. The highest BCUT2D eigenvalue weighted by Crippen LogP contribution is 2.13. The van der Waals surface area contributed by atoms with E-state index in [1.807, 2.05) is 13.0 Å². The molecule has 3 nitrogen and oxygen atoms in total. The lowest BCUT2D eigenvalue weighted by atomic mass is 10.1. The first-order chi connectivity index (χ1) is 5.63. The van der Waals surface area contributed by atoms with Crippen LogP contribution >= 0.6 is 0 Å². The average Bonchev–Trinajstić information content (AvgIpc) is 2.03. The molecule has 0 aliphatic heterocycles. The number of nitrogen functional groups attached to an aromatic ring is 1. The molecule has 0 atom stereocenters. The summed E-state index contributed by atoms with van der Waals surface area (Å²) in [6.07, 6.45) is 0.838. The molecule has 0 aliphatic rings. The molecule has 0 amide bonds. The monoisotopic (exact) mass is 165 g/mol. The van der Waals surface area contributed by atoms with Crippen LogP contribution in [0.25, 0.3) is 0 Å². The number of nitrogens with zero attached hydrogens (tertiary/aromatic N) is 2. The van der Waals surface area contributed by atoms with Crippen LogP contribution in [0.3, 0.4) is 0 Å². The molecule has 0 bridgehead atoms. The highest BCUT2D eigenvalue weighted by molar-refractivity contribution is 5.30. The summed E-state index contributed by atoms with van der Waals surface area (Å²) in [6, 6.07) is 1.84.